The van der Waals surface area contributed by atoms with E-state index >= 15 is 0 Å². The van der Waals surface area contributed by atoms with E-state index in [4.69, 9.17) is 18.9 Å². The van der Waals surface area contributed by atoms with Gasteiger partial charge in [-0.2, -0.15) is 0 Å². The van der Waals surface area contributed by atoms with E-state index in [1.807, 2.05) is 60.8 Å². The van der Waals surface area contributed by atoms with Crippen LogP contribution in [0, 0.1) is 0 Å². The number of hydrogen-bond donors (Lipinski definition) is 0. The maximum absolute atomic E-state index is 13.7. The van der Waals surface area contributed by atoms with Crippen molar-refractivity contribution in [1.29, 1.82) is 0 Å². The number of allylic oxidation sites excluding steroid dienone is 1. The predicted octanol–water partition coefficient (Wildman–Crippen LogP) is 10.2. The number of imidazole rings is 1. The number of aromatic nitrogens is 2. The van der Waals surface area contributed by atoms with Crippen LogP contribution in [-0.4, -0.2) is 42.5 Å². The van der Waals surface area contributed by atoms with Crippen LogP contribution >= 0.6 is 0 Å². The van der Waals surface area contributed by atoms with Crippen LogP contribution < -0.4 is 4.74 Å². The van der Waals surface area contributed by atoms with Gasteiger partial charge in [-0.05, 0) is 57.2 Å². The van der Waals surface area contributed by atoms with Crippen molar-refractivity contribution in [3.63, 3.8) is 0 Å². The molecule has 8 heteroatoms. The molecule has 0 amide bonds. The Labute approximate surface area is 312 Å². The van der Waals surface area contributed by atoms with Crippen molar-refractivity contribution in [2.75, 3.05) is 20.8 Å². The fraction of sp³-hybridized carbons (Fsp3) is 0.311. The molecule has 6 rings (SSSR count). The fourth-order valence-electron chi connectivity index (χ4n) is 6.98. The SMILES string of the molecule is COC(=O)C(=C(C)OC(=O)OCC1c2cc(C(C)(C)C)ccc2-c2ccc(C(C)(C)C)cc21)C(c1ccccc1OC)n1cnc(-c2ccccc2)c1. The minimum absolute atomic E-state index is 0.0324. The quantitative estimate of drug-likeness (QED) is 0.0854. The first-order chi connectivity index (χ1) is 25.2. The summed E-state index contributed by atoms with van der Waals surface area (Å²) in [5, 5.41) is 0. The van der Waals surface area contributed by atoms with E-state index in [1.165, 1.54) is 18.2 Å². The van der Waals surface area contributed by atoms with Crippen molar-refractivity contribution in [3.05, 3.63) is 143 Å². The average molecular weight is 713 g/mol. The molecule has 0 fully saturated rings. The summed E-state index contributed by atoms with van der Waals surface area (Å²) in [6, 6.07) is 29.5. The first-order valence-corrected chi connectivity index (χ1v) is 17.9. The van der Waals surface area contributed by atoms with Crippen LogP contribution in [0.1, 0.15) is 88.2 Å². The molecule has 1 heterocycles. The molecule has 0 saturated carbocycles. The maximum atomic E-state index is 13.7. The highest BCUT2D eigenvalue weighted by atomic mass is 16.7. The molecule has 1 aliphatic rings. The normalized spacial score (nSPS) is 13.8. The second kappa shape index (κ2) is 14.8. The third kappa shape index (κ3) is 7.63. The van der Waals surface area contributed by atoms with E-state index in [9.17, 15) is 9.59 Å². The van der Waals surface area contributed by atoms with Crippen molar-refractivity contribution in [2.45, 2.75) is 71.3 Å². The molecule has 8 nitrogen and oxygen atoms in total. The summed E-state index contributed by atoms with van der Waals surface area (Å²) in [5.74, 6) is -0.313. The largest absolute Gasteiger partial charge is 0.513 e. The Hall–Kier alpha value is -5.63. The number of para-hydroxylation sites is 1. The Bertz CT molecular complexity index is 2100. The zero-order chi connectivity index (χ0) is 38.1. The standard InChI is InChI=1S/C45H48N2O6/c1-28(40(42(48)51-9)41(34-17-13-14-18-39(34)50-8)47-25-38(46-27-47)29-15-11-10-12-16-29)53-43(49)52-26-37-35-23-30(44(2,3)4)19-21-32(35)33-22-20-31(24-36(33)37)45(5,6)7/h10-25,27,37,41H,26H2,1-9H3. The van der Waals surface area contributed by atoms with E-state index in [0.29, 0.717) is 17.0 Å². The van der Waals surface area contributed by atoms with Gasteiger partial charge in [0.1, 0.15) is 23.7 Å². The van der Waals surface area contributed by atoms with Gasteiger partial charge in [0.2, 0.25) is 0 Å². The highest BCUT2D eigenvalue weighted by Gasteiger charge is 2.35. The Morgan fingerprint density at radius 1 is 0.792 bits per heavy atom. The molecule has 1 aromatic heterocycles. The van der Waals surface area contributed by atoms with Crippen LogP contribution in [-0.2, 0) is 29.8 Å². The maximum Gasteiger partial charge on any atom is 0.513 e. The molecule has 1 aliphatic carbocycles. The minimum Gasteiger partial charge on any atom is -0.496 e. The van der Waals surface area contributed by atoms with Crippen LogP contribution in [0.15, 0.2) is 115 Å². The molecule has 0 spiro atoms. The predicted molar refractivity (Wildman–Crippen MR) is 207 cm³/mol. The number of esters is 1. The van der Waals surface area contributed by atoms with Gasteiger partial charge in [0.25, 0.3) is 0 Å². The van der Waals surface area contributed by atoms with Gasteiger partial charge in [0, 0.05) is 23.2 Å². The third-order valence-corrected chi connectivity index (χ3v) is 9.94. The van der Waals surface area contributed by atoms with Crippen molar-refractivity contribution in [1.82, 2.24) is 9.55 Å². The summed E-state index contributed by atoms with van der Waals surface area (Å²) >= 11 is 0. The number of nitrogens with zero attached hydrogens (tertiary/aromatic N) is 2. The van der Waals surface area contributed by atoms with E-state index in [1.54, 1.807) is 24.9 Å². The van der Waals surface area contributed by atoms with Gasteiger partial charge in [-0.1, -0.05) is 126 Å². The van der Waals surface area contributed by atoms with Crippen LogP contribution in [0.25, 0.3) is 22.4 Å². The van der Waals surface area contributed by atoms with Crippen LogP contribution in [0.2, 0.25) is 0 Å². The monoisotopic (exact) mass is 712 g/mol. The number of carbonyl (C=O) groups is 2. The van der Waals surface area contributed by atoms with Crippen LogP contribution in [0.5, 0.6) is 5.75 Å². The molecule has 1 unspecified atom stereocenters. The van der Waals surface area contributed by atoms with Crippen molar-refractivity contribution in [3.8, 4) is 28.1 Å². The highest BCUT2D eigenvalue weighted by molar-refractivity contribution is 5.91. The Kier molecular flexibility index (Phi) is 10.4. The molecule has 0 radical (unpaired) electrons. The summed E-state index contributed by atoms with van der Waals surface area (Å²) < 4.78 is 24.6. The van der Waals surface area contributed by atoms with Gasteiger partial charge in [-0.15, -0.1) is 0 Å². The molecule has 0 N–H and O–H groups in total. The first kappa shape index (κ1) is 37.1. The highest BCUT2D eigenvalue weighted by Crippen LogP contribution is 2.47. The lowest BCUT2D eigenvalue weighted by atomic mass is 9.83. The first-order valence-electron chi connectivity index (χ1n) is 17.9. The van der Waals surface area contributed by atoms with Crippen LogP contribution in [0.4, 0.5) is 4.79 Å². The second-order valence-corrected chi connectivity index (χ2v) is 15.5. The molecule has 0 aliphatic heterocycles. The zero-order valence-electron chi connectivity index (χ0n) is 32.0. The van der Waals surface area contributed by atoms with Gasteiger partial charge >= 0.3 is 12.1 Å². The van der Waals surface area contributed by atoms with E-state index in [2.05, 4.69) is 82.9 Å². The number of ether oxygens (including phenoxy) is 4. The lowest BCUT2D eigenvalue weighted by Crippen LogP contribution is -2.23. The van der Waals surface area contributed by atoms with Gasteiger partial charge in [-0.3, -0.25) is 0 Å². The molecular weight excluding hydrogens is 665 g/mol. The molecule has 274 valence electrons. The molecule has 4 aromatic carbocycles. The lowest BCUT2D eigenvalue weighted by molar-refractivity contribution is -0.136. The topological polar surface area (TPSA) is 88.9 Å². The fourth-order valence-corrected chi connectivity index (χ4v) is 6.98. The molecule has 5 aromatic rings. The van der Waals surface area contributed by atoms with Crippen molar-refractivity contribution < 1.29 is 28.5 Å². The van der Waals surface area contributed by atoms with E-state index < -0.39 is 18.2 Å². The van der Waals surface area contributed by atoms with Gasteiger partial charge in [0.15, 0.2) is 0 Å². The van der Waals surface area contributed by atoms with E-state index in [0.717, 1.165) is 27.8 Å². The number of fused-ring (bicyclic) bond motifs is 3. The average Bonchev–Trinajstić information content (AvgIpc) is 3.75. The second-order valence-electron chi connectivity index (χ2n) is 15.5. The Balaban J connectivity index is 1.35. The van der Waals surface area contributed by atoms with Crippen LogP contribution in [0.3, 0.4) is 0 Å². The van der Waals surface area contributed by atoms with E-state index in [-0.39, 0.29) is 34.7 Å². The molecule has 0 saturated heterocycles. The smallest absolute Gasteiger partial charge is 0.496 e. The van der Waals surface area contributed by atoms with Gasteiger partial charge in [-0.25, -0.2) is 14.6 Å². The summed E-state index contributed by atoms with van der Waals surface area (Å²) in [4.78, 5) is 32.0. The minimum atomic E-state index is -0.924. The number of hydrogen-bond acceptors (Lipinski definition) is 7. The molecule has 53 heavy (non-hydrogen) atoms. The number of benzene rings is 4. The molecule has 1 atom stereocenters. The number of rotatable bonds is 9. The summed E-state index contributed by atoms with van der Waals surface area (Å²) in [6.45, 7) is 14.8. The molecular formula is C45H48N2O6. The van der Waals surface area contributed by atoms with Gasteiger partial charge < -0.3 is 23.5 Å². The van der Waals surface area contributed by atoms with Crippen molar-refractivity contribution >= 4 is 12.1 Å². The number of carbonyl (C=O) groups excluding carboxylic acids is 2. The lowest BCUT2D eigenvalue weighted by Gasteiger charge is -2.24. The Morgan fingerprint density at radius 3 is 1.94 bits per heavy atom. The third-order valence-electron chi connectivity index (χ3n) is 9.94. The Morgan fingerprint density at radius 2 is 1.38 bits per heavy atom. The summed E-state index contributed by atoms with van der Waals surface area (Å²) in [7, 11) is 2.86. The number of methoxy groups -OCH3 is 2. The summed E-state index contributed by atoms with van der Waals surface area (Å²) in [6.07, 6.45) is 2.56. The molecule has 0 bridgehead atoms. The zero-order valence-corrected chi connectivity index (χ0v) is 32.0. The summed E-state index contributed by atoms with van der Waals surface area (Å²) in [5.41, 5.74) is 9.11. The van der Waals surface area contributed by atoms with Crippen molar-refractivity contribution in [2.24, 2.45) is 0 Å². The van der Waals surface area contributed by atoms with Gasteiger partial charge in [0.05, 0.1) is 32.3 Å².